The lowest BCUT2D eigenvalue weighted by atomic mass is 9.84. The van der Waals surface area contributed by atoms with E-state index in [4.69, 9.17) is 10.5 Å². The predicted octanol–water partition coefficient (Wildman–Crippen LogP) is 4.63. The van der Waals surface area contributed by atoms with Crippen LogP contribution in [-0.2, 0) is 19.1 Å². The topological polar surface area (TPSA) is 122 Å². The van der Waals surface area contributed by atoms with Gasteiger partial charge in [0.2, 0.25) is 5.91 Å². The van der Waals surface area contributed by atoms with Crippen LogP contribution in [0.2, 0.25) is 0 Å². The summed E-state index contributed by atoms with van der Waals surface area (Å²) >= 11 is 0. The molecule has 8 heteroatoms. The lowest BCUT2D eigenvalue weighted by Crippen LogP contribution is -2.55. The molecule has 0 radical (unpaired) electrons. The zero-order valence-electron chi connectivity index (χ0n) is 23.7. The smallest absolute Gasteiger partial charge is 0.326 e. The normalized spacial score (nSPS) is 23.2. The summed E-state index contributed by atoms with van der Waals surface area (Å²) in [7, 11) is 0. The van der Waals surface area contributed by atoms with E-state index >= 15 is 0 Å². The molecule has 0 aromatic carbocycles. The van der Waals surface area contributed by atoms with Gasteiger partial charge >= 0.3 is 11.9 Å². The fourth-order valence-electron chi connectivity index (χ4n) is 5.40. The summed E-state index contributed by atoms with van der Waals surface area (Å²) in [6.45, 7) is 12.1. The number of hydrogen-bond acceptors (Lipinski definition) is 6. The Morgan fingerprint density at radius 3 is 2.31 bits per heavy atom. The number of carbonyl (C=O) groups is 3. The van der Waals surface area contributed by atoms with Crippen molar-refractivity contribution in [2.24, 2.45) is 11.7 Å². The van der Waals surface area contributed by atoms with E-state index < -0.39 is 24.1 Å². The van der Waals surface area contributed by atoms with Gasteiger partial charge in [0.05, 0.1) is 12.6 Å². The van der Waals surface area contributed by atoms with Crippen LogP contribution < -0.4 is 11.1 Å². The molecule has 1 saturated heterocycles. The Bertz CT molecular complexity index is 679. The zero-order chi connectivity index (χ0) is 27.3. The van der Waals surface area contributed by atoms with Crippen molar-refractivity contribution in [1.29, 1.82) is 0 Å². The highest BCUT2D eigenvalue weighted by Crippen LogP contribution is 2.40. The average Bonchev–Trinajstić information content (AvgIpc) is 3.21. The van der Waals surface area contributed by atoms with Crippen LogP contribution in [0.15, 0.2) is 0 Å². The summed E-state index contributed by atoms with van der Waals surface area (Å²) < 4.78 is 5.09. The van der Waals surface area contributed by atoms with E-state index in [0.717, 1.165) is 38.5 Å². The van der Waals surface area contributed by atoms with Crippen molar-refractivity contribution in [1.82, 2.24) is 10.2 Å². The van der Waals surface area contributed by atoms with Crippen LogP contribution in [0.1, 0.15) is 119 Å². The second-order valence-electron chi connectivity index (χ2n) is 11.2. The predicted molar refractivity (Wildman–Crippen MR) is 144 cm³/mol. The molecule has 0 aromatic rings. The molecule has 210 valence electrons. The SMILES string of the molecule is CCCCCCC(C)(C)N.CCC[C@H](N[C@@H](C)C(=O)N1[C@H](C(=O)O)C[C@@H]2CCCC[C@@H]21)C(=O)OCC. The lowest BCUT2D eigenvalue weighted by molar-refractivity contribution is -0.152. The number of likely N-dealkylation sites (tertiary alicyclic amines) is 1. The Kier molecular flexibility index (Phi) is 14.6. The largest absolute Gasteiger partial charge is 0.480 e. The van der Waals surface area contributed by atoms with Gasteiger partial charge in [-0.1, -0.05) is 58.8 Å². The van der Waals surface area contributed by atoms with Gasteiger partial charge in [-0.25, -0.2) is 4.79 Å². The monoisotopic (exact) mass is 511 g/mol. The molecule has 1 aliphatic carbocycles. The first-order valence-electron chi connectivity index (χ1n) is 14.2. The van der Waals surface area contributed by atoms with Crippen molar-refractivity contribution >= 4 is 17.8 Å². The van der Waals surface area contributed by atoms with Gasteiger partial charge in [-0.3, -0.25) is 14.9 Å². The third kappa shape index (κ3) is 10.8. The lowest BCUT2D eigenvalue weighted by Gasteiger charge is -2.35. The van der Waals surface area contributed by atoms with E-state index in [1.807, 2.05) is 6.92 Å². The molecule has 2 rings (SSSR count). The van der Waals surface area contributed by atoms with Gasteiger partial charge in [-0.2, -0.15) is 0 Å². The molecule has 0 bridgehead atoms. The maximum absolute atomic E-state index is 13.1. The van der Waals surface area contributed by atoms with Gasteiger partial charge in [0, 0.05) is 11.6 Å². The summed E-state index contributed by atoms with van der Waals surface area (Å²) in [5, 5.41) is 12.7. The summed E-state index contributed by atoms with van der Waals surface area (Å²) in [6, 6.07) is -1.92. The Morgan fingerprint density at radius 1 is 1.08 bits per heavy atom. The van der Waals surface area contributed by atoms with Crippen LogP contribution in [0.25, 0.3) is 0 Å². The van der Waals surface area contributed by atoms with Crippen molar-refractivity contribution in [2.45, 2.75) is 148 Å². The van der Waals surface area contributed by atoms with Crippen LogP contribution in [0, 0.1) is 5.92 Å². The summed E-state index contributed by atoms with van der Waals surface area (Å²) in [5.74, 6) is -1.24. The van der Waals surface area contributed by atoms with Crippen molar-refractivity contribution in [3.05, 3.63) is 0 Å². The summed E-state index contributed by atoms with van der Waals surface area (Å²) in [5.41, 5.74) is 5.87. The first-order valence-corrected chi connectivity index (χ1v) is 14.2. The number of nitrogens with one attached hydrogen (secondary N) is 1. The number of carboxylic acids is 1. The van der Waals surface area contributed by atoms with E-state index in [2.05, 4.69) is 26.1 Å². The number of carboxylic acid groups (broad SMARTS) is 1. The Balaban J connectivity index is 0.000000548. The highest BCUT2D eigenvalue weighted by Gasteiger charge is 2.48. The van der Waals surface area contributed by atoms with Gasteiger partial charge in [0.15, 0.2) is 0 Å². The standard InChI is InChI=1S/C19H32N2O5.C9H21N/c1-4-8-14(19(25)26-5-2)20-12(3)17(22)21-15-10-7-6-9-13(15)11-16(21)18(23)24;1-4-5-6-7-8-9(2,3)10/h12-16,20H,4-11H2,1-3H3,(H,23,24);4-8,10H2,1-3H3/t12-,13-,14-,15-,16-;/m0./s1. The first-order chi connectivity index (χ1) is 17.0. The molecule has 0 unspecified atom stereocenters. The minimum atomic E-state index is -0.935. The molecule has 1 aliphatic heterocycles. The van der Waals surface area contributed by atoms with E-state index in [-0.39, 0.29) is 29.4 Å². The Morgan fingerprint density at radius 2 is 1.75 bits per heavy atom. The number of nitrogens with two attached hydrogens (primary N) is 1. The van der Waals surface area contributed by atoms with Gasteiger partial charge < -0.3 is 20.5 Å². The molecule has 8 nitrogen and oxygen atoms in total. The van der Waals surface area contributed by atoms with Gasteiger partial charge in [-0.05, 0) is 65.7 Å². The van der Waals surface area contributed by atoms with E-state index in [1.165, 1.54) is 25.7 Å². The van der Waals surface area contributed by atoms with E-state index in [0.29, 0.717) is 19.4 Å². The minimum absolute atomic E-state index is 0.00817. The molecule has 5 atom stereocenters. The molecule has 36 heavy (non-hydrogen) atoms. The first kappa shape index (κ1) is 32.4. The number of ether oxygens (including phenoxy) is 1. The molecule has 2 fully saturated rings. The van der Waals surface area contributed by atoms with Crippen LogP contribution in [0.4, 0.5) is 0 Å². The fourth-order valence-corrected chi connectivity index (χ4v) is 5.40. The number of hydrogen-bond donors (Lipinski definition) is 3. The number of rotatable bonds is 13. The van der Waals surface area contributed by atoms with Gasteiger partial charge in [0.25, 0.3) is 0 Å². The maximum Gasteiger partial charge on any atom is 0.326 e. The van der Waals surface area contributed by atoms with Gasteiger partial charge in [-0.15, -0.1) is 0 Å². The number of amides is 1. The second-order valence-corrected chi connectivity index (χ2v) is 11.2. The number of esters is 1. The minimum Gasteiger partial charge on any atom is -0.480 e. The second kappa shape index (κ2) is 16.2. The van der Waals surface area contributed by atoms with Crippen molar-refractivity contribution < 1.29 is 24.2 Å². The number of unbranched alkanes of at least 4 members (excludes halogenated alkanes) is 3. The summed E-state index contributed by atoms with van der Waals surface area (Å²) in [4.78, 5) is 38.5. The highest BCUT2D eigenvalue weighted by molar-refractivity contribution is 5.88. The molecule has 1 saturated carbocycles. The van der Waals surface area contributed by atoms with Crippen LogP contribution in [0.3, 0.4) is 0 Å². The Labute approximate surface area is 219 Å². The number of fused-ring (bicyclic) bond motifs is 1. The van der Waals surface area contributed by atoms with Crippen molar-refractivity contribution in [3.8, 4) is 0 Å². The van der Waals surface area contributed by atoms with Crippen LogP contribution in [0.5, 0.6) is 0 Å². The quantitative estimate of drug-likeness (QED) is 0.243. The third-order valence-electron chi connectivity index (χ3n) is 7.27. The zero-order valence-corrected chi connectivity index (χ0v) is 23.7. The Hall–Kier alpha value is -1.67. The van der Waals surface area contributed by atoms with Crippen LogP contribution >= 0.6 is 0 Å². The molecule has 4 N–H and O–H groups in total. The van der Waals surface area contributed by atoms with E-state index in [1.54, 1.807) is 18.7 Å². The average molecular weight is 512 g/mol. The molecular weight excluding hydrogens is 458 g/mol. The molecule has 0 spiro atoms. The molecule has 0 aromatic heterocycles. The third-order valence-corrected chi connectivity index (χ3v) is 7.27. The number of carbonyl (C=O) groups excluding carboxylic acids is 2. The molecular formula is C28H53N3O5. The number of aliphatic carboxylic acids is 1. The number of nitrogens with zero attached hydrogens (tertiary/aromatic N) is 1. The molecule has 2 aliphatic rings. The van der Waals surface area contributed by atoms with Crippen LogP contribution in [-0.4, -0.2) is 64.2 Å². The highest BCUT2D eigenvalue weighted by atomic mass is 16.5. The van der Waals surface area contributed by atoms with Crippen molar-refractivity contribution in [2.75, 3.05) is 6.61 Å². The molecule has 1 heterocycles. The molecule has 1 amide bonds. The summed E-state index contributed by atoms with van der Waals surface area (Å²) in [6.07, 6.45) is 12.3. The fraction of sp³-hybridized carbons (Fsp3) is 0.893. The van der Waals surface area contributed by atoms with E-state index in [9.17, 15) is 19.5 Å². The maximum atomic E-state index is 13.1. The van der Waals surface area contributed by atoms with Gasteiger partial charge in [0.1, 0.15) is 12.1 Å². The van der Waals surface area contributed by atoms with Crippen molar-refractivity contribution in [3.63, 3.8) is 0 Å².